The average molecular weight is 561 g/mol. The third-order valence-corrected chi connectivity index (χ3v) is 6.23. The number of aliphatic hydroxyl groups is 1. The molecule has 9 nitrogen and oxygen atoms in total. The Bertz CT molecular complexity index is 1700. The quantitative estimate of drug-likeness (QED) is 0.187. The molecule has 0 radical (unpaired) electrons. The Morgan fingerprint density at radius 2 is 1.22 bits per heavy atom. The molecule has 0 unspecified atom stereocenters. The van der Waals surface area contributed by atoms with Gasteiger partial charge in [-0.05, 0) is 47.5 Å². The van der Waals surface area contributed by atoms with Crippen LogP contribution >= 0.6 is 34.8 Å². The van der Waals surface area contributed by atoms with Gasteiger partial charge in [-0.1, -0.05) is 35.9 Å². The first kappa shape index (κ1) is 25.4. The number of anilines is 1. The number of para-hydroxylation sites is 2. The molecule has 1 aliphatic rings. The molecule has 0 saturated carbocycles. The fourth-order valence-corrected chi connectivity index (χ4v) is 4.66. The van der Waals surface area contributed by atoms with Crippen molar-refractivity contribution in [3.63, 3.8) is 0 Å². The first-order valence-electron chi connectivity index (χ1n) is 11.2. The predicted octanol–water partition coefficient (Wildman–Crippen LogP) is 6.16. The number of rotatable bonds is 1. The van der Waals surface area contributed by atoms with Gasteiger partial charge in [-0.3, -0.25) is 0 Å². The van der Waals surface area contributed by atoms with Crippen molar-refractivity contribution in [3.8, 4) is 0 Å². The van der Waals surface area contributed by atoms with Crippen LogP contribution in [0.5, 0.6) is 0 Å². The van der Waals surface area contributed by atoms with Crippen LogP contribution in [0.2, 0.25) is 15.7 Å². The second-order valence-corrected chi connectivity index (χ2v) is 8.79. The average Bonchev–Trinajstić information content (AvgIpc) is 3.49. The van der Waals surface area contributed by atoms with Crippen LogP contribution in [0, 0.1) is 0 Å². The monoisotopic (exact) mass is 559 g/mol. The Hall–Kier alpha value is -3.21. The predicted molar refractivity (Wildman–Crippen MR) is 145 cm³/mol. The van der Waals surface area contributed by atoms with Crippen LogP contribution in [0.3, 0.4) is 0 Å². The smallest absolute Gasteiger partial charge is 0.225 e. The van der Waals surface area contributed by atoms with Crippen molar-refractivity contribution < 1.29 is 18.7 Å². The zero-order valence-electron chi connectivity index (χ0n) is 19.5. The molecular weight excluding hydrogens is 541 g/mol. The summed E-state index contributed by atoms with van der Waals surface area (Å²) in [5.74, 6) is 0.750. The van der Waals surface area contributed by atoms with Gasteiger partial charge < -0.3 is 23.6 Å². The van der Waals surface area contributed by atoms with E-state index in [-0.39, 0.29) is 15.7 Å². The molecule has 1 fully saturated rings. The lowest BCUT2D eigenvalue weighted by Gasteiger charge is -2.27. The molecule has 5 heterocycles. The number of hydrogen-bond donors (Lipinski definition) is 1. The van der Waals surface area contributed by atoms with E-state index in [0.717, 1.165) is 53.5 Å². The van der Waals surface area contributed by atoms with Crippen LogP contribution in [0.15, 0.2) is 57.4 Å². The van der Waals surface area contributed by atoms with Crippen LogP contribution in [0.1, 0.15) is 0 Å². The van der Waals surface area contributed by atoms with Gasteiger partial charge in [0.2, 0.25) is 10.6 Å². The number of halogens is 3. The maximum absolute atomic E-state index is 7.00. The summed E-state index contributed by atoms with van der Waals surface area (Å²) in [6.07, 6.45) is 0. The molecule has 1 N–H and O–H groups in total. The summed E-state index contributed by atoms with van der Waals surface area (Å²) in [4.78, 5) is 18.7. The number of furan rings is 2. The summed E-state index contributed by atoms with van der Waals surface area (Å²) >= 11 is 17.7. The number of ether oxygens (including phenoxy) is 1. The van der Waals surface area contributed by atoms with E-state index >= 15 is 0 Å². The van der Waals surface area contributed by atoms with Gasteiger partial charge in [0.25, 0.3) is 0 Å². The molecule has 0 aliphatic carbocycles. The molecule has 0 atom stereocenters. The van der Waals surface area contributed by atoms with Gasteiger partial charge in [-0.15, -0.1) is 0 Å². The van der Waals surface area contributed by atoms with Crippen molar-refractivity contribution in [2.45, 2.75) is 0 Å². The molecule has 37 heavy (non-hydrogen) atoms. The van der Waals surface area contributed by atoms with Crippen LogP contribution in [0.25, 0.3) is 44.1 Å². The summed E-state index contributed by atoms with van der Waals surface area (Å²) in [5, 5.41) is 9.45. The van der Waals surface area contributed by atoms with Gasteiger partial charge in [-0.2, -0.15) is 4.98 Å². The maximum Gasteiger partial charge on any atom is 0.225 e. The summed E-state index contributed by atoms with van der Waals surface area (Å²) in [5.41, 5.74) is 4.11. The maximum atomic E-state index is 7.00. The highest BCUT2D eigenvalue weighted by Crippen LogP contribution is 2.34. The van der Waals surface area contributed by atoms with Gasteiger partial charge in [0, 0.05) is 31.0 Å². The third-order valence-electron chi connectivity index (χ3n) is 5.64. The largest absolute Gasteiger partial charge is 0.451 e. The highest BCUT2D eigenvalue weighted by molar-refractivity contribution is 6.36. The van der Waals surface area contributed by atoms with E-state index in [1.165, 1.54) is 0 Å². The van der Waals surface area contributed by atoms with Crippen molar-refractivity contribution in [2.24, 2.45) is 0 Å². The molecule has 0 spiro atoms. The Kier molecular flexibility index (Phi) is 7.59. The van der Waals surface area contributed by atoms with Gasteiger partial charge in [-0.25, -0.2) is 15.0 Å². The minimum Gasteiger partial charge on any atom is -0.451 e. The van der Waals surface area contributed by atoms with E-state index in [2.05, 4.69) is 24.8 Å². The first-order valence-corrected chi connectivity index (χ1v) is 12.3. The Morgan fingerprint density at radius 3 is 1.84 bits per heavy atom. The lowest BCUT2D eigenvalue weighted by atomic mass is 10.2. The van der Waals surface area contributed by atoms with Gasteiger partial charge in [0.05, 0.1) is 13.2 Å². The van der Waals surface area contributed by atoms with Crippen LogP contribution in [-0.2, 0) is 4.74 Å². The van der Waals surface area contributed by atoms with Crippen LogP contribution < -0.4 is 4.90 Å². The minimum atomic E-state index is 0.124. The highest BCUT2D eigenvalue weighted by atomic mass is 35.5. The third kappa shape index (κ3) is 5.01. The molecule has 190 valence electrons. The Labute approximate surface area is 225 Å². The fourth-order valence-electron chi connectivity index (χ4n) is 4.07. The summed E-state index contributed by atoms with van der Waals surface area (Å²) in [6.45, 7) is 2.92. The number of benzene rings is 2. The molecular formula is C25H20Cl3N5O4. The van der Waals surface area contributed by atoms with E-state index in [1.54, 1.807) is 0 Å². The van der Waals surface area contributed by atoms with Gasteiger partial charge in [0.15, 0.2) is 22.1 Å². The molecule has 0 amide bonds. The molecule has 7 rings (SSSR count). The van der Waals surface area contributed by atoms with E-state index < -0.39 is 0 Å². The normalized spacial score (nSPS) is 13.5. The molecule has 1 aliphatic heterocycles. The zero-order valence-corrected chi connectivity index (χ0v) is 21.8. The number of aliphatic hydroxyl groups excluding tert-OH is 1. The van der Waals surface area contributed by atoms with Crippen molar-refractivity contribution in [2.75, 3.05) is 38.3 Å². The highest BCUT2D eigenvalue weighted by Gasteiger charge is 2.21. The number of aromatic nitrogens is 4. The summed E-state index contributed by atoms with van der Waals surface area (Å²) in [7, 11) is 1.00. The summed E-state index contributed by atoms with van der Waals surface area (Å²) in [6, 6.07) is 15.3. The second kappa shape index (κ2) is 11.0. The second-order valence-electron chi connectivity index (χ2n) is 7.75. The van der Waals surface area contributed by atoms with Gasteiger partial charge >= 0.3 is 0 Å². The Morgan fingerprint density at radius 1 is 0.703 bits per heavy atom. The number of nitrogens with zero attached hydrogens (tertiary/aromatic N) is 5. The van der Waals surface area contributed by atoms with Gasteiger partial charge in [0.1, 0.15) is 22.2 Å². The van der Waals surface area contributed by atoms with E-state index in [1.807, 2.05) is 48.5 Å². The molecule has 6 aromatic rings. The van der Waals surface area contributed by atoms with Crippen molar-refractivity contribution in [1.82, 2.24) is 19.9 Å². The first-order chi connectivity index (χ1) is 18.1. The lowest BCUT2D eigenvalue weighted by Crippen LogP contribution is -2.36. The van der Waals surface area contributed by atoms with Crippen LogP contribution in [-0.4, -0.2) is 58.5 Å². The topological polar surface area (TPSA) is 111 Å². The zero-order chi connectivity index (χ0) is 25.9. The molecule has 12 heteroatoms. The number of fused-ring (bicyclic) bond motifs is 6. The molecule has 0 bridgehead atoms. The minimum absolute atomic E-state index is 0.124. The lowest BCUT2D eigenvalue weighted by molar-refractivity contribution is 0.122. The van der Waals surface area contributed by atoms with Crippen LogP contribution in [0.4, 0.5) is 5.82 Å². The SMILES string of the molecule is CO.Clc1nc(Cl)c2oc3ccccc3c2n1.Clc1nc(N2CCOCC2)c2oc3ccccc3c2n1. The van der Waals surface area contributed by atoms with Crippen molar-refractivity contribution >= 4 is 84.8 Å². The van der Waals surface area contributed by atoms with Crippen molar-refractivity contribution in [1.29, 1.82) is 0 Å². The van der Waals surface area contributed by atoms with E-state index in [9.17, 15) is 0 Å². The Balaban J connectivity index is 0.000000147. The van der Waals surface area contributed by atoms with Crippen molar-refractivity contribution in [3.05, 3.63) is 64.3 Å². The number of morpholine rings is 1. The molecule has 4 aromatic heterocycles. The molecule has 1 saturated heterocycles. The molecule has 2 aromatic carbocycles. The summed E-state index contributed by atoms with van der Waals surface area (Å²) < 4.78 is 16.8. The van der Waals surface area contributed by atoms with E-state index in [4.69, 9.17) is 53.5 Å². The fraction of sp³-hybridized carbons (Fsp3) is 0.200. The standard InChI is InChI=1S/C14H12ClN3O2.C10H4Cl2N2O.CH4O/c15-14-16-11-9-3-1-2-4-10(9)20-12(11)13(17-14)18-5-7-19-8-6-18;11-9-8-7(13-10(12)14-9)5-3-1-2-4-6(5)15-8;1-2/h1-4H,5-8H2;1-4H;2H,1H3. The number of hydrogen-bond acceptors (Lipinski definition) is 9. The van der Waals surface area contributed by atoms with E-state index in [0.29, 0.717) is 29.9 Å².